The third kappa shape index (κ3) is 4.66. The van der Waals surface area contributed by atoms with Gasteiger partial charge in [-0.15, -0.1) is 0 Å². The Morgan fingerprint density at radius 3 is 2.64 bits per heavy atom. The largest absolute Gasteiger partial charge is 0.467 e. The van der Waals surface area contributed by atoms with Crippen LogP contribution in [0.15, 0.2) is 39.5 Å². The van der Waals surface area contributed by atoms with Gasteiger partial charge in [-0.25, -0.2) is 4.79 Å². The molecule has 12 atom stereocenters. The van der Waals surface area contributed by atoms with Gasteiger partial charge in [0.25, 0.3) is 0 Å². The van der Waals surface area contributed by atoms with Crippen LogP contribution < -0.4 is 0 Å². The summed E-state index contributed by atoms with van der Waals surface area (Å²) in [4.78, 5) is 16.8. The number of fused-ring (bicyclic) bond motifs is 5. The number of carbonyl (C=O) groups is 1. The summed E-state index contributed by atoms with van der Waals surface area (Å²) in [6.07, 6.45) is 8.14. The molecule has 0 spiro atoms. The summed E-state index contributed by atoms with van der Waals surface area (Å²) < 4.78 is 23.0. The zero-order valence-electron chi connectivity index (χ0n) is 25.8. The first-order chi connectivity index (χ1) is 21.0. The molecular weight excluding hydrogens is 566 g/mol. The number of esters is 1. The van der Waals surface area contributed by atoms with Gasteiger partial charge in [-0.1, -0.05) is 6.92 Å². The van der Waals surface area contributed by atoms with Crippen LogP contribution in [0.3, 0.4) is 0 Å². The van der Waals surface area contributed by atoms with E-state index in [-0.39, 0.29) is 41.7 Å². The second-order valence-corrected chi connectivity index (χ2v) is 14.7. The summed E-state index contributed by atoms with van der Waals surface area (Å²) >= 11 is 0. The van der Waals surface area contributed by atoms with Crippen LogP contribution in [0.4, 0.5) is 0 Å². The lowest BCUT2D eigenvalue weighted by Crippen LogP contribution is -2.69. The molecule has 0 amide bonds. The van der Waals surface area contributed by atoms with Crippen LogP contribution in [0.25, 0.3) is 0 Å². The number of aliphatic imine (C=N–C) groups is 1. The zero-order chi connectivity index (χ0) is 30.9. The fraction of sp³-hybridized carbons (Fsp3) is 0.765. The summed E-state index contributed by atoms with van der Waals surface area (Å²) in [6, 6.07) is 3.74. The van der Waals surface area contributed by atoms with Crippen molar-refractivity contribution in [1.82, 2.24) is 0 Å². The van der Waals surface area contributed by atoms with Crippen LogP contribution in [0, 0.1) is 28.6 Å². The number of nitrogens with zero attached hydrogens (tertiary/aromatic N) is 1. The summed E-state index contributed by atoms with van der Waals surface area (Å²) in [5, 5.41) is 45.8. The molecule has 1 aromatic rings. The van der Waals surface area contributed by atoms with E-state index in [1.165, 1.54) is 0 Å². The standard InChI is InChI=1S/C34H47NO9/c1-20-30(38)27(36)15-29(43-20)44-22-5-10-32(19-35-17-23-4-3-13-41-23)25-6-9-31(2)24(21-14-28(37)42-18-21)8-12-34(31,40)26(25)7-11-33(32,39)16-22/h3-4,13-14,19-20,22,24-27,29-30,36,38-40H,5-12,15-18H2,1-2H3/t20-,22+,24-,25-,26+,27-,29+,30-,31+,32-,33-,34-/m0/s1. The van der Waals surface area contributed by atoms with E-state index in [1.54, 1.807) is 19.3 Å². The van der Waals surface area contributed by atoms with Gasteiger partial charge in [0.2, 0.25) is 0 Å². The predicted octanol–water partition coefficient (Wildman–Crippen LogP) is 3.44. The first-order valence-corrected chi connectivity index (χ1v) is 16.5. The van der Waals surface area contributed by atoms with Gasteiger partial charge in [-0.3, -0.25) is 4.99 Å². The second kappa shape index (κ2) is 11.0. The number of hydrogen-bond acceptors (Lipinski definition) is 10. The normalized spacial score (nSPS) is 48.9. The molecule has 1 saturated heterocycles. The van der Waals surface area contributed by atoms with Crippen LogP contribution in [0.1, 0.15) is 83.8 Å². The lowest BCUT2D eigenvalue weighted by molar-refractivity contribution is -0.282. The van der Waals surface area contributed by atoms with Gasteiger partial charge in [0.1, 0.15) is 18.5 Å². The van der Waals surface area contributed by atoms with E-state index in [0.717, 1.165) is 30.6 Å². The highest BCUT2D eigenvalue weighted by Gasteiger charge is 2.71. The fourth-order valence-electron chi connectivity index (χ4n) is 10.5. The molecule has 44 heavy (non-hydrogen) atoms. The average Bonchev–Trinajstić information content (AvgIpc) is 3.71. The van der Waals surface area contributed by atoms with Crippen molar-refractivity contribution in [3.05, 3.63) is 35.8 Å². The Balaban J connectivity index is 1.17. The number of cyclic esters (lactones) is 1. The molecule has 4 saturated carbocycles. The number of carbonyl (C=O) groups excluding carboxylic acids is 1. The number of rotatable bonds is 6. The lowest BCUT2D eigenvalue weighted by atomic mass is 9.41. The zero-order valence-corrected chi connectivity index (χ0v) is 25.8. The van der Waals surface area contributed by atoms with Crippen LogP contribution in [-0.2, 0) is 25.5 Å². The molecule has 7 rings (SSSR count). The molecule has 0 unspecified atom stereocenters. The molecular formula is C34H47NO9. The lowest BCUT2D eigenvalue weighted by Gasteiger charge is -2.66. The molecule has 0 radical (unpaired) electrons. The maximum atomic E-state index is 12.7. The Morgan fingerprint density at radius 1 is 1.09 bits per heavy atom. The van der Waals surface area contributed by atoms with Gasteiger partial charge in [0.15, 0.2) is 6.29 Å². The Bertz CT molecular complexity index is 1290. The van der Waals surface area contributed by atoms with Crippen LogP contribution in [-0.4, -0.2) is 81.1 Å². The van der Waals surface area contributed by atoms with Gasteiger partial charge in [-0.2, -0.15) is 0 Å². The summed E-state index contributed by atoms with van der Waals surface area (Å²) in [5.41, 5.74) is -2.05. The Labute approximate surface area is 258 Å². The monoisotopic (exact) mass is 613 g/mol. The molecule has 0 aromatic carbocycles. The maximum Gasteiger partial charge on any atom is 0.331 e. The molecule has 0 bridgehead atoms. The van der Waals surface area contributed by atoms with Crippen molar-refractivity contribution in [1.29, 1.82) is 0 Å². The first kappa shape index (κ1) is 30.6. The third-order valence-electron chi connectivity index (χ3n) is 12.8. The average molecular weight is 614 g/mol. The van der Waals surface area contributed by atoms with Gasteiger partial charge in [-0.05, 0) is 93.7 Å². The SMILES string of the molecule is C[C@@H]1O[C@H](O[C@@H]2CC[C@]3(C=NCc4ccco4)[C@H]4CC[C@]5(C)[C@H](C6=CC(=O)OC6)CC[C@]5(O)[C@@H]4CC[C@]3(O)C2)C[C@H](O)[C@H]1O. The molecule has 1 aromatic heterocycles. The minimum absolute atomic E-state index is 0.0168. The molecule has 4 aliphatic carbocycles. The Morgan fingerprint density at radius 2 is 1.91 bits per heavy atom. The number of ether oxygens (including phenoxy) is 3. The third-order valence-corrected chi connectivity index (χ3v) is 12.8. The molecule has 10 nitrogen and oxygen atoms in total. The molecule has 4 N–H and O–H groups in total. The van der Waals surface area contributed by atoms with Gasteiger partial charge >= 0.3 is 5.97 Å². The number of aliphatic hydroxyl groups excluding tert-OH is 2. The van der Waals surface area contributed by atoms with E-state index in [0.29, 0.717) is 51.7 Å². The van der Waals surface area contributed by atoms with Crippen molar-refractivity contribution in [3.63, 3.8) is 0 Å². The molecule has 3 heterocycles. The van der Waals surface area contributed by atoms with Crippen molar-refractivity contribution in [2.45, 2.75) is 127 Å². The van der Waals surface area contributed by atoms with Crippen molar-refractivity contribution in [2.24, 2.45) is 33.6 Å². The fourth-order valence-corrected chi connectivity index (χ4v) is 10.5. The van der Waals surface area contributed by atoms with Gasteiger partial charge < -0.3 is 39.1 Å². The highest BCUT2D eigenvalue weighted by atomic mass is 16.7. The predicted molar refractivity (Wildman–Crippen MR) is 158 cm³/mol. The van der Waals surface area contributed by atoms with Crippen molar-refractivity contribution in [2.75, 3.05) is 6.61 Å². The quantitative estimate of drug-likeness (QED) is 0.215. The number of aliphatic hydroxyl groups is 4. The molecule has 10 heteroatoms. The summed E-state index contributed by atoms with van der Waals surface area (Å²) in [5.74, 6) is 0.569. The van der Waals surface area contributed by atoms with Crippen molar-refractivity contribution in [3.8, 4) is 0 Å². The van der Waals surface area contributed by atoms with Crippen LogP contribution in [0.5, 0.6) is 0 Å². The van der Waals surface area contributed by atoms with E-state index in [9.17, 15) is 25.2 Å². The Hall–Kier alpha value is -2.08. The first-order valence-electron chi connectivity index (χ1n) is 16.5. The van der Waals surface area contributed by atoms with Gasteiger partial charge in [0.05, 0.1) is 42.3 Å². The highest BCUT2D eigenvalue weighted by molar-refractivity contribution is 5.85. The van der Waals surface area contributed by atoms with Crippen molar-refractivity contribution >= 4 is 12.2 Å². The minimum Gasteiger partial charge on any atom is -0.467 e. The number of hydrogen-bond donors (Lipinski definition) is 4. The topological polar surface area (TPSA) is 151 Å². The Kier molecular flexibility index (Phi) is 7.66. The second-order valence-electron chi connectivity index (χ2n) is 14.7. The van der Waals surface area contributed by atoms with E-state index in [2.05, 4.69) is 6.92 Å². The van der Waals surface area contributed by atoms with Crippen LogP contribution in [0.2, 0.25) is 0 Å². The van der Waals surface area contributed by atoms with E-state index in [4.69, 9.17) is 23.6 Å². The minimum atomic E-state index is -1.10. The van der Waals surface area contributed by atoms with E-state index in [1.807, 2.05) is 18.3 Å². The summed E-state index contributed by atoms with van der Waals surface area (Å²) in [6.45, 7) is 4.61. The molecule has 242 valence electrons. The van der Waals surface area contributed by atoms with Crippen molar-refractivity contribution < 1.29 is 43.8 Å². The highest BCUT2D eigenvalue weighted by Crippen LogP contribution is 2.70. The van der Waals surface area contributed by atoms with Gasteiger partial charge in [0, 0.05) is 36.0 Å². The summed E-state index contributed by atoms with van der Waals surface area (Å²) in [7, 11) is 0. The molecule has 2 aliphatic heterocycles. The molecule has 6 aliphatic rings. The van der Waals surface area contributed by atoms with Crippen LogP contribution >= 0.6 is 0 Å². The van der Waals surface area contributed by atoms with E-state index >= 15 is 0 Å². The smallest absolute Gasteiger partial charge is 0.331 e. The molecule has 5 fully saturated rings. The number of furan rings is 1. The van der Waals surface area contributed by atoms with E-state index < -0.39 is 41.2 Å². The maximum absolute atomic E-state index is 12.7.